The lowest BCUT2D eigenvalue weighted by Gasteiger charge is -2.22. The van der Waals surface area contributed by atoms with E-state index in [9.17, 15) is 18.0 Å². The van der Waals surface area contributed by atoms with Crippen molar-refractivity contribution in [3.05, 3.63) is 0 Å². The van der Waals surface area contributed by atoms with E-state index in [1.807, 2.05) is 0 Å². The maximum absolute atomic E-state index is 11.8. The fourth-order valence-corrected chi connectivity index (χ4v) is 0.975. The van der Waals surface area contributed by atoms with Gasteiger partial charge in [-0.15, -0.1) is 0 Å². The summed E-state index contributed by atoms with van der Waals surface area (Å²) < 4.78 is 35.3. The van der Waals surface area contributed by atoms with Crippen molar-refractivity contribution in [2.75, 3.05) is 6.54 Å². The minimum atomic E-state index is -4.23. The number of carboxylic acids is 1. The standard InChI is InChI=1S/C8H14F3NO2/c1-7(5-12,6(13)14)3-2-4-8(9,10)11/h2-5,12H2,1H3,(H,13,14). The van der Waals surface area contributed by atoms with Crippen LogP contribution in [0.1, 0.15) is 26.2 Å². The van der Waals surface area contributed by atoms with Crippen LogP contribution >= 0.6 is 0 Å². The van der Waals surface area contributed by atoms with E-state index in [1.54, 1.807) is 0 Å². The first kappa shape index (κ1) is 13.2. The molecule has 3 N–H and O–H groups in total. The van der Waals surface area contributed by atoms with Crippen LogP contribution in [-0.4, -0.2) is 23.8 Å². The third-order valence-electron chi connectivity index (χ3n) is 2.16. The fourth-order valence-electron chi connectivity index (χ4n) is 0.975. The van der Waals surface area contributed by atoms with Crippen LogP contribution in [0.15, 0.2) is 0 Å². The van der Waals surface area contributed by atoms with Crippen molar-refractivity contribution in [2.45, 2.75) is 32.4 Å². The molecule has 0 fully saturated rings. The Hall–Kier alpha value is -0.780. The summed E-state index contributed by atoms with van der Waals surface area (Å²) in [4.78, 5) is 10.6. The van der Waals surface area contributed by atoms with Crippen molar-refractivity contribution in [3.8, 4) is 0 Å². The van der Waals surface area contributed by atoms with E-state index in [0.29, 0.717) is 0 Å². The number of carboxylic acid groups (broad SMARTS) is 1. The molecule has 0 bridgehead atoms. The number of rotatable bonds is 5. The number of aliphatic carboxylic acids is 1. The summed E-state index contributed by atoms with van der Waals surface area (Å²) in [5, 5.41) is 8.70. The van der Waals surface area contributed by atoms with Crippen molar-refractivity contribution in [3.63, 3.8) is 0 Å². The van der Waals surface area contributed by atoms with Crippen LogP contribution in [0.25, 0.3) is 0 Å². The van der Waals surface area contributed by atoms with Crippen molar-refractivity contribution in [1.29, 1.82) is 0 Å². The van der Waals surface area contributed by atoms with Crippen LogP contribution < -0.4 is 5.73 Å². The molecule has 0 aromatic heterocycles. The van der Waals surface area contributed by atoms with Crippen LogP contribution in [-0.2, 0) is 4.79 Å². The molecule has 0 aromatic carbocycles. The molecule has 0 aliphatic heterocycles. The van der Waals surface area contributed by atoms with Gasteiger partial charge in [0.15, 0.2) is 0 Å². The van der Waals surface area contributed by atoms with E-state index in [0.717, 1.165) is 0 Å². The van der Waals surface area contributed by atoms with Crippen molar-refractivity contribution >= 4 is 5.97 Å². The molecule has 0 spiro atoms. The number of hydrogen-bond donors (Lipinski definition) is 2. The van der Waals surface area contributed by atoms with Crippen molar-refractivity contribution < 1.29 is 23.1 Å². The predicted octanol–water partition coefficient (Wildman–Crippen LogP) is 1.77. The van der Waals surface area contributed by atoms with Crippen LogP contribution in [0.2, 0.25) is 0 Å². The smallest absolute Gasteiger partial charge is 0.389 e. The maximum Gasteiger partial charge on any atom is 0.389 e. The molecule has 0 heterocycles. The molecule has 0 radical (unpaired) electrons. The molecule has 1 atom stereocenters. The van der Waals surface area contributed by atoms with Gasteiger partial charge in [0.05, 0.1) is 5.41 Å². The van der Waals surface area contributed by atoms with E-state index in [4.69, 9.17) is 10.8 Å². The first-order valence-corrected chi connectivity index (χ1v) is 4.21. The van der Waals surface area contributed by atoms with Gasteiger partial charge >= 0.3 is 12.1 Å². The Bertz CT molecular complexity index is 205. The number of alkyl halides is 3. The molecule has 0 aliphatic rings. The highest BCUT2D eigenvalue weighted by molar-refractivity contribution is 5.74. The van der Waals surface area contributed by atoms with Gasteiger partial charge in [-0.1, -0.05) is 0 Å². The highest BCUT2D eigenvalue weighted by Crippen LogP contribution is 2.28. The summed E-state index contributed by atoms with van der Waals surface area (Å²) in [6, 6.07) is 0. The monoisotopic (exact) mass is 213 g/mol. The SMILES string of the molecule is CC(CN)(CCCC(F)(F)F)C(=O)O. The molecular weight excluding hydrogens is 199 g/mol. The van der Waals surface area contributed by atoms with Gasteiger partial charge in [-0.05, 0) is 19.8 Å². The van der Waals surface area contributed by atoms with E-state index in [1.165, 1.54) is 6.92 Å². The number of hydrogen-bond acceptors (Lipinski definition) is 2. The Kier molecular flexibility index (Phi) is 4.38. The second-order valence-corrected chi connectivity index (χ2v) is 3.54. The molecule has 0 aliphatic carbocycles. The number of carbonyl (C=O) groups is 1. The zero-order chi connectivity index (χ0) is 11.4. The van der Waals surface area contributed by atoms with Gasteiger partial charge in [-0.2, -0.15) is 13.2 Å². The van der Waals surface area contributed by atoms with Gasteiger partial charge in [-0.25, -0.2) is 0 Å². The molecule has 84 valence electrons. The molecule has 0 aromatic rings. The minimum absolute atomic E-state index is 0.0572. The summed E-state index contributed by atoms with van der Waals surface area (Å²) in [6.45, 7) is 1.20. The average molecular weight is 213 g/mol. The molecule has 6 heteroatoms. The van der Waals surface area contributed by atoms with Crippen LogP contribution in [0.3, 0.4) is 0 Å². The van der Waals surface area contributed by atoms with E-state index < -0.39 is 24.0 Å². The van der Waals surface area contributed by atoms with E-state index in [-0.39, 0.29) is 19.4 Å². The summed E-state index contributed by atoms with van der Waals surface area (Å²) >= 11 is 0. The third-order valence-corrected chi connectivity index (χ3v) is 2.16. The van der Waals surface area contributed by atoms with Gasteiger partial charge in [0, 0.05) is 13.0 Å². The van der Waals surface area contributed by atoms with Crippen molar-refractivity contribution in [1.82, 2.24) is 0 Å². The van der Waals surface area contributed by atoms with Crippen LogP contribution in [0, 0.1) is 5.41 Å². The average Bonchev–Trinajstić information content (AvgIpc) is 2.01. The lowest BCUT2D eigenvalue weighted by atomic mass is 9.85. The van der Waals surface area contributed by atoms with E-state index >= 15 is 0 Å². The normalized spacial score (nSPS) is 16.4. The highest BCUT2D eigenvalue weighted by Gasteiger charge is 2.33. The molecule has 14 heavy (non-hydrogen) atoms. The lowest BCUT2D eigenvalue weighted by Crippen LogP contribution is -2.35. The summed E-state index contributed by atoms with van der Waals surface area (Å²) in [5.41, 5.74) is 3.95. The summed E-state index contributed by atoms with van der Waals surface area (Å²) in [6.07, 6.45) is -5.45. The van der Waals surface area contributed by atoms with Gasteiger partial charge < -0.3 is 10.8 Å². The number of nitrogens with two attached hydrogens (primary N) is 1. The van der Waals surface area contributed by atoms with Crippen LogP contribution in [0.5, 0.6) is 0 Å². The zero-order valence-electron chi connectivity index (χ0n) is 7.90. The van der Waals surface area contributed by atoms with E-state index in [2.05, 4.69) is 0 Å². The van der Waals surface area contributed by atoms with Crippen LogP contribution in [0.4, 0.5) is 13.2 Å². The Labute approximate surface area is 80.1 Å². The quantitative estimate of drug-likeness (QED) is 0.731. The summed E-state index contributed by atoms with van der Waals surface area (Å²) in [5.74, 6) is -1.15. The minimum Gasteiger partial charge on any atom is -0.481 e. The molecule has 0 amide bonds. The molecule has 0 saturated heterocycles. The first-order chi connectivity index (χ1) is 6.21. The summed E-state index contributed by atoms with van der Waals surface area (Å²) in [7, 11) is 0. The highest BCUT2D eigenvalue weighted by atomic mass is 19.4. The van der Waals surface area contributed by atoms with Gasteiger partial charge in [0.2, 0.25) is 0 Å². The largest absolute Gasteiger partial charge is 0.481 e. The Morgan fingerprint density at radius 1 is 1.36 bits per heavy atom. The topological polar surface area (TPSA) is 63.3 Å². The Balaban J connectivity index is 4.04. The fraction of sp³-hybridized carbons (Fsp3) is 0.875. The van der Waals surface area contributed by atoms with Gasteiger partial charge in [0.25, 0.3) is 0 Å². The molecular formula is C8H14F3NO2. The lowest BCUT2D eigenvalue weighted by molar-refractivity contribution is -0.151. The molecule has 3 nitrogen and oxygen atoms in total. The third kappa shape index (κ3) is 4.45. The number of halogens is 3. The van der Waals surface area contributed by atoms with Gasteiger partial charge in [0.1, 0.15) is 0 Å². The van der Waals surface area contributed by atoms with Gasteiger partial charge in [-0.3, -0.25) is 4.79 Å². The molecule has 0 saturated carbocycles. The second kappa shape index (κ2) is 4.63. The zero-order valence-corrected chi connectivity index (χ0v) is 7.90. The van der Waals surface area contributed by atoms with Crippen molar-refractivity contribution in [2.24, 2.45) is 11.1 Å². The predicted molar refractivity (Wildman–Crippen MR) is 44.7 cm³/mol. The Morgan fingerprint density at radius 3 is 2.14 bits per heavy atom. The molecule has 1 unspecified atom stereocenters. The second-order valence-electron chi connectivity index (χ2n) is 3.54. The molecule has 0 rings (SSSR count). The first-order valence-electron chi connectivity index (χ1n) is 4.21. The maximum atomic E-state index is 11.8. The Morgan fingerprint density at radius 2 is 1.86 bits per heavy atom.